The van der Waals surface area contributed by atoms with Gasteiger partial charge in [0.25, 0.3) is 5.91 Å². The van der Waals surface area contributed by atoms with E-state index in [-0.39, 0.29) is 11.7 Å². The number of benzene rings is 1. The summed E-state index contributed by atoms with van der Waals surface area (Å²) in [6.45, 7) is 6.20. The monoisotopic (exact) mass is 285 g/mol. The first-order chi connectivity index (χ1) is 10.1. The number of carbonyl (C=O) groups is 2. The number of likely N-dealkylation sites (tertiary alicyclic amines) is 1. The molecule has 3 nitrogen and oxygen atoms in total. The first-order valence-electron chi connectivity index (χ1n) is 8.00. The smallest absolute Gasteiger partial charge is 0.254 e. The predicted octanol–water partition coefficient (Wildman–Crippen LogP) is 3.32. The number of hydrogen-bond acceptors (Lipinski definition) is 2. The van der Waals surface area contributed by atoms with Crippen LogP contribution in [0.15, 0.2) is 18.2 Å². The van der Waals surface area contributed by atoms with Crippen LogP contribution in [-0.2, 0) is 6.42 Å². The molecule has 1 aromatic carbocycles. The van der Waals surface area contributed by atoms with Crippen molar-refractivity contribution in [1.29, 1.82) is 0 Å². The fourth-order valence-electron chi connectivity index (χ4n) is 3.74. The predicted molar refractivity (Wildman–Crippen MR) is 82.6 cm³/mol. The molecular formula is C18H23NO2. The van der Waals surface area contributed by atoms with Crippen molar-refractivity contribution in [2.45, 2.75) is 39.5 Å². The summed E-state index contributed by atoms with van der Waals surface area (Å²) in [6.07, 6.45) is 3.57. The largest absolute Gasteiger partial charge is 0.338 e. The molecule has 1 aromatic rings. The Balaban J connectivity index is 1.77. The minimum atomic E-state index is 0.118. The van der Waals surface area contributed by atoms with Crippen molar-refractivity contribution in [2.24, 2.45) is 11.8 Å². The number of rotatable bonds is 3. The molecule has 0 bridgehead atoms. The van der Waals surface area contributed by atoms with Crippen molar-refractivity contribution >= 4 is 11.7 Å². The van der Waals surface area contributed by atoms with E-state index in [1.807, 2.05) is 23.1 Å². The number of fused-ring (bicyclic) bond motifs is 1. The maximum atomic E-state index is 12.8. The summed E-state index contributed by atoms with van der Waals surface area (Å²) < 4.78 is 0. The van der Waals surface area contributed by atoms with E-state index in [1.165, 1.54) is 6.42 Å². The van der Waals surface area contributed by atoms with Crippen molar-refractivity contribution < 1.29 is 9.59 Å². The van der Waals surface area contributed by atoms with Gasteiger partial charge in [-0.3, -0.25) is 9.59 Å². The van der Waals surface area contributed by atoms with Gasteiger partial charge in [-0.2, -0.15) is 0 Å². The number of nitrogens with zero attached hydrogens (tertiary/aromatic N) is 1. The van der Waals surface area contributed by atoms with Crippen LogP contribution in [0, 0.1) is 11.8 Å². The van der Waals surface area contributed by atoms with Gasteiger partial charge in [-0.25, -0.2) is 0 Å². The molecule has 0 N–H and O–H groups in total. The van der Waals surface area contributed by atoms with Gasteiger partial charge in [0.05, 0.1) is 0 Å². The minimum Gasteiger partial charge on any atom is -0.338 e. The lowest BCUT2D eigenvalue weighted by Gasteiger charge is -2.19. The average molecular weight is 285 g/mol. The lowest BCUT2D eigenvalue weighted by Crippen LogP contribution is -2.29. The number of Topliss-reactive ketones (excluding diaryl/α,β-unsaturated/α-hetero) is 1. The zero-order valence-electron chi connectivity index (χ0n) is 12.9. The maximum Gasteiger partial charge on any atom is 0.254 e. The second-order valence-electron chi connectivity index (χ2n) is 6.79. The van der Waals surface area contributed by atoms with Crippen LogP contribution in [0.25, 0.3) is 0 Å². The van der Waals surface area contributed by atoms with Gasteiger partial charge >= 0.3 is 0 Å². The van der Waals surface area contributed by atoms with Crippen molar-refractivity contribution in [1.82, 2.24) is 4.90 Å². The fourth-order valence-corrected chi connectivity index (χ4v) is 3.74. The first-order valence-corrected chi connectivity index (χ1v) is 8.00. The van der Waals surface area contributed by atoms with E-state index in [9.17, 15) is 9.59 Å². The SMILES string of the molecule is CC(C)C[C@@H]1CCN(C(=O)c2cccc3c2CCC3=O)C1. The highest BCUT2D eigenvalue weighted by atomic mass is 16.2. The summed E-state index contributed by atoms with van der Waals surface area (Å²) in [7, 11) is 0. The zero-order chi connectivity index (χ0) is 15.0. The first kappa shape index (κ1) is 14.3. The standard InChI is InChI=1S/C18H23NO2/c1-12(2)10-13-8-9-19(11-13)18(21)16-5-3-4-15-14(16)6-7-17(15)20/h3-5,12-13H,6-11H2,1-2H3/t13-/m0/s1. The molecule has 21 heavy (non-hydrogen) atoms. The molecule has 1 saturated heterocycles. The fraction of sp³-hybridized carbons (Fsp3) is 0.556. The molecule has 0 saturated carbocycles. The Kier molecular flexibility index (Phi) is 3.83. The Labute approximate surface area is 126 Å². The molecule has 0 unspecified atom stereocenters. The maximum absolute atomic E-state index is 12.8. The highest BCUT2D eigenvalue weighted by Gasteiger charge is 2.31. The average Bonchev–Trinajstić information content (AvgIpc) is 3.05. The third-order valence-electron chi connectivity index (χ3n) is 4.69. The van der Waals surface area contributed by atoms with Crippen molar-refractivity contribution in [3.05, 3.63) is 34.9 Å². The second-order valence-corrected chi connectivity index (χ2v) is 6.79. The van der Waals surface area contributed by atoms with E-state index in [4.69, 9.17) is 0 Å². The molecule has 0 spiro atoms. The van der Waals surface area contributed by atoms with Crippen molar-refractivity contribution in [3.63, 3.8) is 0 Å². The lowest BCUT2D eigenvalue weighted by molar-refractivity contribution is 0.0784. The quantitative estimate of drug-likeness (QED) is 0.854. The molecule has 1 amide bonds. The molecular weight excluding hydrogens is 262 g/mol. The zero-order valence-corrected chi connectivity index (χ0v) is 12.9. The van der Waals surface area contributed by atoms with Gasteiger partial charge in [-0.05, 0) is 42.7 Å². The third kappa shape index (κ3) is 2.74. The van der Waals surface area contributed by atoms with Gasteiger partial charge in [0.1, 0.15) is 0 Å². The van der Waals surface area contributed by atoms with Gasteiger partial charge in [-0.15, -0.1) is 0 Å². The summed E-state index contributed by atoms with van der Waals surface area (Å²) in [6, 6.07) is 5.58. The van der Waals surface area contributed by atoms with E-state index >= 15 is 0 Å². The van der Waals surface area contributed by atoms with Gasteiger partial charge in [-0.1, -0.05) is 26.0 Å². The number of amides is 1. The summed E-state index contributed by atoms with van der Waals surface area (Å²) in [4.78, 5) is 26.5. The van der Waals surface area contributed by atoms with Crippen molar-refractivity contribution in [2.75, 3.05) is 13.1 Å². The topological polar surface area (TPSA) is 37.4 Å². The summed E-state index contributed by atoms with van der Waals surface area (Å²) >= 11 is 0. The van der Waals surface area contributed by atoms with E-state index < -0.39 is 0 Å². The van der Waals surface area contributed by atoms with Gasteiger partial charge < -0.3 is 4.90 Å². The number of hydrogen-bond donors (Lipinski definition) is 0. The van der Waals surface area contributed by atoms with E-state index in [1.54, 1.807) is 0 Å². The van der Waals surface area contributed by atoms with Gasteiger partial charge in [0, 0.05) is 30.6 Å². The highest BCUT2D eigenvalue weighted by Crippen LogP contribution is 2.29. The van der Waals surface area contributed by atoms with Gasteiger partial charge in [0.2, 0.25) is 0 Å². The molecule has 1 aliphatic heterocycles. The van der Waals surface area contributed by atoms with Gasteiger partial charge in [0.15, 0.2) is 5.78 Å². The summed E-state index contributed by atoms with van der Waals surface area (Å²) in [5.74, 6) is 1.61. The molecule has 3 heteroatoms. The molecule has 112 valence electrons. The summed E-state index contributed by atoms with van der Waals surface area (Å²) in [5, 5.41) is 0. The summed E-state index contributed by atoms with van der Waals surface area (Å²) in [5.41, 5.74) is 2.49. The minimum absolute atomic E-state index is 0.118. The Morgan fingerprint density at radius 3 is 2.90 bits per heavy atom. The van der Waals surface area contributed by atoms with E-state index in [0.29, 0.717) is 18.3 Å². The van der Waals surface area contributed by atoms with E-state index in [0.717, 1.165) is 42.6 Å². The normalized spacial score (nSPS) is 21.2. The number of carbonyl (C=O) groups excluding carboxylic acids is 2. The van der Waals surface area contributed by atoms with Crippen LogP contribution in [-0.4, -0.2) is 29.7 Å². The lowest BCUT2D eigenvalue weighted by atomic mass is 9.97. The molecule has 0 radical (unpaired) electrons. The molecule has 3 rings (SSSR count). The van der Waals surface area contributed by atoms with Crippen LogP contribution < -0.4 is 0 Å². The molecule has 0 aromatic heterocycles. The van der Waals surface area contributed by atoms with Crippen LogP contribution >= 0.6 is 0 Å². The van der Waals surface area contributed by atoms with Crippen molar-refractivity contribution in [3.8, 4) is 0 Å². The van der Waals surface area contributed by atoms with Crippen LogP contribution in [0.3, 0.4) is 0 Å². The number of ketones is 1. The van der Waals surface area contributed by atoms with Crippen LogP contribution in [0.2, 0.25) is 0 Å². The van der Waals surface area contributed by atoms with Crippen LogP contribution in [0.5, 0.6) is 0 Å². The molecule has 1 aliphatic carbocycles. The van der Waals surface area contributed by atoms with Crippen LogP contribution in [0.4, 0.5) is 0 Å². The third-order valence-corrected chi connectivity index (χ3v) is 4.69. The van der Waals surface area contributed by atoms with E-state index in [2.05, 4.69) is 13.8 Å². The Bertz CT molecular complexity index is 577. The molecule has 2 aliphatic rings. The van der Waals surface area contributed by atoms with Crippen LogP contribution in [0.1, 0.15) is 59.4 Å². The molecule has 1 fully saturated rings. The second kappa shape index (κ2) is 5.63. The molecule has 1 atom stereocenters. The Morgan fingerprint density at radius 2 is 2.14 bits per heavy atom. The highest BCUT2D eigenvalue weighted by molar-refractivity contribution is 6.05. The molecule has 1 heterocycles. The Morgan fingerprint density at radius 1 is 1.33 bits per heavy atom. The Hall–Kier alpha value is -1.64.